The van der Waals surface area contributed by atoms with E-state index in [1.807, 2.05) is 25.1 Å². The van der Waals surface area contributed by atoms with E-state index in [9.17, 15) is 4.79 Å². The highest BCUT2D eigenvalue weighted by Gasteiger charge is 2.30. The fraction of sp³-hybridized carbons (Fsp3) is 0.588. The molecule has 1 aliphatic heterocycles. The maximum atomic E-state index is 12.3. The van der Waals surface area contributed by atoms with Gasteiger partial charge in [0.1, 0.15) is 5.75 Å². The molecule has 0 aliphatic carbocycles. The van der Waals surface area contributed by atoms with Crippen molar-refractivity contribution in [3.63, 3.8) is 0 Å². The van der Waals surface area contributed by atoms with Crippen LogP contribution in [0.3, 0.4) is 0 Å². The lowest BCUT2D eigenvalue weighted by atomic mass is 9.81. The zero-order valence-electron chi connectivity index (χ0n) is 12.9. The highest BCUT2D eigenvalue weighted by Crippen LogP contribution is 2.27. The number of hydrogen-bond donors (Lipinski definition) is 1. The Hall–Kier alpha value is -1.55. The fourth-order valence-electron chi connectivity index (χ4n) is 2.99. The summed E-state index contributed by atoms with van der Waals surface area (Å²) >= 11 is 0. The molecule has 116 valence electrons. The third-order valence-electron chi connectivity index (χ3n) is 4.13. The number of ether oxygens (including phenoxy) is 2. The Morgan fingerprint density at radius 2 is 2.14 bits per heavy atom. The SMILES string of the molecule is CCOC(=O)C(Cc1cccc(OC)c1)C1CCNCC1. The van der Waals surface area contributed by atoms with Gasteiger partial charge in [0.2, 0.25) is 0 Å². The van der Waals surface area contributed by atoms with Crippen LogP contribution in [0.5, 0.6) is 5.75 Å². The molecule has 1 aromatic rings. The van der Waals surface area contributed by atoms with Crippen molar-refractivity contribution in [1.29, 1.82) is 0 Å². The van der Waals surface area contributed by atoms with Crippen molar-refractivity contribution in [2.24, 2.45) is 11.8 Å². The van der Waals surface area contributed by atoms with Crippen molar-refractivity contribution < 1.29 is 14.3 Å². The van der Waals surface area contributed by atoms with Gasteiger partial charge in [-0.25, -0.2) is 0 Å². The Morgan fingerprint density at radius 1 is 1.38 bits per heavy atom. The summed E-state index contributed by atoms with van der Waals surface area (Å²) in [5.41, 5.74) is 1.13. The van der Waals surface area contributed by atoms with Crippen LogP contribution in [-0.2, 0) is 16.0 Å². The van der Waals surface area contributed by atoms with E-state index >= 15 is 0 Å². The van der Waals surface area contributed by atoms with E-state index in [0.717, 1.165) is 43.7 Å². The monoisotopic (exact) mass is 291 g/mol. The van der Waals surface area contributed by atoms with Crippen molar-refractivity contribution in [2.75, 3.05) is 26.8 Å². The number of esters is 1. The number of methoxy groups -OCH3 is 1. The van der Waals surface area contributed by atoms with Gasteiger partial charge in [-0.1, -0.05) is 12.1 Å². The second-order valence-electron chi connectivity index (χ2n) is 5.50. The molecule has 0 spiro atoms. The van der Waals surface area contributed by atoms with Crippen LogP contribution in [-0.4, -0.2) is 32.8 Å². The minimum atomic E-state index is -0.0628. The minimum Gasteiger partial charge on any atom is -0.497 e. The zero-order valence-corrected chi connectivity index (χ0v) is 12.9. The summed E-state index contributed by atoms with van der Waals surface area (Å²) in [5.74, 6) is 1.11. The van der Waals surface area contributed by atoms with Gasteiger partial charge in [0, 0.05) is 0 Å². The molecular weight excluding hydrogens is 266 g/mol. The first-order chi connectivity index (χ1) is 10.2. The average molecular weight is 291 g/mol. The normalized spacial score (nSPS) is 17.2. The zero-order chi connectivity index (χ0) is 15.1. The van der Waals surface area contributed by atoms with E-state index in [-0.39, 0.29) is 11.9 Å². The maximum Gasteiger partial charge on any atom is 0.309 e. The van der Waals surface area contributed by atoms with Crippen molar-refractivity contribution in [3.05, 3.63) is 29.8 Å². The molecule has 1 saturated heterocycles. The first-order valence-electron chi connectivity index (χ1n) is 7.75. The van der Waals surface area contributed by atoms with E-state index in [0.29, 0.717) is 12.5 Å². The molecule has 4 nitrogen and oxygen atoms in total. The summed E-state index contributed by atoms with van der Waals surface area (Å²) in [6, 6.07) is 7.95. The highest BCUT2D eigenvalue weighted by atomic mass is 16.5. The van der Waals surface area contributed by atoms with Gasteiger partial charge in [-0.05, 0) is 62.9 Å². The van der Waals surface area contributed by atoms with E-state index < -0.39 is 0 Å². The van der Waals surface area contributed by atoms with Gasteiger partial charge in [-0.15, -0.1) is 0 Å². The molecule has 1 fully saturated rings. The number of rotatable bonds is 6. The molecule has 0 aromatic heterocycles. The van der Waals surface area contributed by atoms with E-state index in [1.165, 1.54) is 0 Å². The number of hydrogen-bond acceptors (Lipinski definition) is 4. The van der Waals surface area contributed by atoms with Gasteiger partial charge in [0.25, 0.3) is 0 Å². The summed E-state index contributed by atoms with van der Waals surface area (Å²) in [4.78, 5) is 12.3. The van der Waals surface area contributed by atoms with Crippen LogP contribution in [0.25, 0.3) is 0 Å². The minimum absolute atomic E-state index is 0.0563. The molecule has 1 aromatic carbocycles. The second kappa shape index (κ2) is 8.03. The molecule has 1 atom stereocenters. The summed E-state index contributed by atoms with van der Waals surface area (Å²) in [6.07, 6.45) is 2.79. The van der Waals surface area contributed by atoms with E-state index in [1.54, 1.807) is 7.11 Å². The molecule has 0 bridgehead atoms. The van der Waals surface area contributed by atoms with Gasteiger partial charge >= 0.3 is 5.97 Å². The van der Waals surface area contributed by atoms with Crippen molar-refractivity contribution in [2.45, 2.75) is 26.2 Å². The van der Waals surface area contributed by atoms with Gasteiger partial charge in [0.05, 0.1) is 19.6 Å². The van der Waals surface area contributed by atoms with Gasteiger partial charge in [-0.3, -0.25) is 4.79 Å². The largest absolute Gasteiger partial charge is 0.497 e. The third kappa shape index (κ3) is 4.46. The number of nitrogens with one attached hydrogen (secondary N) is 1. The standard InChI is InChI=1S/C17H25NO3/c1-3-21-17(19)16(14-7-9-18-10-8-14)12-13-5-4-6-15(11-13)20-2/h4-6,11,14,16,18H,3,7-10,12H2,1-2H3. The summed E-state index contributed by atoms with van der Waals surface area (Å²) < 4.78 is 10.6. The van der Waals surface area contributed by atoms with Gasteiger partial charge in [0.15, 0.2) is 0 Å². The molecular formula is C17H25NO3. The molecule has 1 aliphatic rings. The first-order valence-corrected chi connectivity index (χ1v) is 7.75. The van der Waals surface area contributed by atoms with Crippen LogP contribution in [0.15, 0.2) is 24.3 Å². The smallest absolute Gasteiger partial charge is 0.309 e. The summed E-state index contributed by atoms with van der Waals surface area (Å²) in [5, 5.41) is 3.35. The number of benzene rings is 1. The van der Waals surface area contributed by atoms with Crippen LogP contribution >= 0.6 is 0 Å². The molecule has 0 radical (unpaired) electrons. The van der Waals surface area contributed by atoms with Crippen molar-refractivity contribution >= 4 is 5.97 Å². The molecule has 21 heavy (non-hydrogen) atoms. The average Bonchev–Trinajstić information content (AvgIpc) is 2.54. The number of carbonyl (C=O) groups is 1. The summed E-state index contributed by atoms with van der Waals surface area (Å²) in [7, 11) is 1.66. The highest BCUT2D eigenvalue weighted by molar-refractivity contribution is 5.73. The molecule has 1 N–H and O–H groups in total. The Kier molecular flexibility index (Phi) is 6.05. The Balaban J connectivity index is 2.11. The quantitative estimate of drug-likeness (QED) is 0.818. The predicted molar refractivity (Wildman–Crippen MR) is 82.4 cm³/mol. The van der Waals surface area contributed by atoms with Crippen LogP contribution < -0.4 is 10.1 Å². The maximum absolute atomic E-state index is 12.3. The molecule has 1 heterocycles. The molecule has 0 saturated carbocycles. The molecule has 0 amide bonds. The lowest BCUT2D eigenvalue weighted by Gasteiger charge is -2.29. The first kappa shape index (κ1) is 15.8. The Morgan fingerprint density at radius 3 is 2.81 bits per heavy atom. The number of piperidine rings is 1. The third-order valence-corrected chi connectivity index (χ3v) is 4.13. The second-order valence-corrected chi connectivity index (χ2v) is 5.50. The van der Waals surface area contributed by atoms with Crippen LogP contribution in [0, 0.1) is 11.8 Å². The predicted octanol–water partition coefficient (Wildman–Crippen LogP) is 2.42. The van der Waals surface area contributed by atoms with Crippen LogP contribution in [0.1, 0.15) is 25.3 Å². The van der Waals surface area contributed by atoms with E-state index in [2.05, 4.69) is 11.4 Å². The number of carbonyl (C=O) groups excluding carboxylic acids is 1. The fourth-order valence-corrected chi connectivity index (χ4v) is 2.99. The lowest BCUT2D eigenvalue weighted by molar-refractivity contribution is -0.150. The van der Waals surface area contributed by atoms with Gasteiger partial charge in [-0.2, -0.15) is 0 Å². The lowest BCUT2D eigenvalue weighted by Crippen LogP contribution is -2.36. The van der Waals surface area contributed by atoms with Crippen LogP contribution in [0.2, 0.25) is 0 Å². The topological polar surface area (TPSA) is 47.6 Å². The molecule has 1 unspecified atom stereocenters. The van der Waals surface area contributed by atoms with Gasteiger partial charge < -0.3 is 14.8 Å². The Bertz CT molecular complexity index is 455. The van der Waals surface area contributed by atoms with E-state index in [4.69, 9.17) is 9.47 Å². The summed E-state index contributed by atoms with van der Waals surface area (Å²) in [6.45, 7) is 4.28. The Labute approximate surface area is 126 Å². The van der Waals surface area contributed by atoms with Crippen molar-refractivity contribution in [3.8, 4) is 5.75 Å². The molecule has 4 heteroatoms. The van der Waals surface area contributed by atoms with Crippen LogP contribution in [0.4, 0.5) is 0 Å². The molecule has 2 rings (SSSR count). The van der Waals surface area contributed by atoms with Crippen molar-refractivity contribution in [1.82, 2.24) is 5.32 Å².